The molecule has 0 saturated carbocycles. The van der Waals surface area contributed by atoms with E-state index in [0.717, 1.165) is 26.4 Å². The summed E-state index contributed by atoms with van der Waals surface area (Å²) in [6.45, 7) is 8.99. The van der Waals surface area contributed by atoms with Crippen LogP contribution in [0, 0.1) is 25.6 Å². The molecule has 0 amide bonds. The Hall–Kier alpha value is -2.68. The van der Waals surface area contributed by atoms with Crippen molar-refractivity contribution in [3.05, 3.63) is 85.8 Å². The molecular formula is C27H27FN2O3S2. The monoisotopic (exact) mass is 510 g/mol. The molecule has 1 aliphatic rings. The van der Waals surface area contributed by atoms with Gasteiger partial charge in [0.25, 0.3) is 5.56 Å². The number of halogens is 1. The van der Waals surface area contributed by atoms with Crippen molar-refractivity contribution >= 4 is 33.3 Å². The maximum Gasteiger partial charge on any atom is 0.263 e. The summed E-state index contributed by atoms with van der Waals surface area (Å²) in [5, 5.41) is 1.34. The normalized spacial score (nSPS) is 15.4. The molecule has 0 spiro atoms. The van der Waals surface area contributed by atoms with Crippen molar-refractivity contribution in [2.75, 3.05) is 0 Å². The third kappa shape index (κ3) is 4.75. The Morgan fingerprint density at radius 2 is 2.00 bits per heavy atom. The fourth-order valence-electron chi connectivity index (χ4n) is 4.25. The van der Waals surface area contributed by atoms with Crippen LogP contribution in [-0.4, -0.2) is 9.55 Å². The third-order valence-electron chi connectivity index (χ3n) is 6.05. The van der Waals surface area contributed by atoms with E-state index in [9.17, 15) is 9.18 Å². The molecule has 5 rings (SSSR count). The predicted octanol–water partition coefficient (Wildman–Crippen LogP) is 6.77. The SMILES string of the molecule is Cc1sc2nc(SCc3cc(F)cc4c3O[C@H](c3ccccc3)OC4)n(CC(C)C)c(=O)c2c1C. The fourth-order valence-corrected chi connectivity index (χ4v) is 6.29. The summed E-state index contributed by atoms with van der Waals surface area (Å²) in [6, 6.07) is 12.7. The van der Waals surface area contributed by atoms with Gasteiger partial charge in [-0.15, -0.1) is 11.3 Å². The van der Waals surface area contributed by atoms with Crippen molar-refractivity contribution in [3.63, 3.8) is 0 Å². The Morgan fingerprint density at radius 3 is 2.74 bits per heavy atom. The number of aryl methyl sites for hydroxylation is 2. The minimum Gasteiger partial charge on any atom is -0.460 e. The van der Waals surface area contributed by atoms with Crippen molar-refractivity contribution in [2.45, 2.75) is 58.0 Å². The standard InChI is InChI=1S/C27H27FN2O3S2/c1-15(2)12-30-25(31)22-16(3)17(4)35-24(22)29-27(30)34-14-20-11-21(28)10-19-13-32-26(33-23(19)20)18-8-6-5-7-9-18/h5-11,15,26H,12-14H2,1-4H3/t26-/m1/s1. The van der Waals surface area contributed by atoms with E-state index in [2.05, 4.69) is 13.8 Å². The average molecular weight is 511 g/mol. The molecule has 1 atom stereocenters. The molecule has 0 bridgehead atoms. The van der Waals surface area contributed by atoms with Gasteiger partial charge in [-0.05, 0) is 37.5 Å². The minimum atomic E-state index is -0.552. The molecule has 182 valence electrons. The maximum atomic E-state index is 14.5. The minimum absolute atomic E-state index is 0.0110. The predicted molar refractivity (Wildman–Crippen MR) is 139 cm³/mol. The van der Waals surface area contributed by atoms with Gasteiger partial charge in [-0.25, -0.2) is 9.37 Å². The summed E-state index contributed by atoms with van der Waals surface area (Å²) in [5.41, 5.74) is 3.29. The average Bonchev–Trinajstić information content (AvgIpc) is 3.12. The largest absolute Gasteiger partial charge is 0.460 e. The van der Waals surface area contributed by atoms with Gasteiger partial charge in [0.05, 0.1) is 12.0 Å². The van der Waals surface area contributed by atoms with Crippen LogP contribution in [0.3, 0.4) is 0 Å². The van der Waals surface area contributed by atoms with E-state index < -0.39 is 6.29 Å². The van der Waals surface area contributed by atoms with Gasteiger partial charge < -0.3 is 9.47 Å². The van der Waals surface area contributed by atoms with Crippen LogP contribution in [0.5, 0.6) is 5.75 Å². The van der Waals surface area contributed by atoms with Crippen molar-refractivity contribution in [3.8, 4) is 5.75 Å². The highest BCUT2D eigenvalue weighted by atomic mass is 32.2. The van der Waals surface area contributed by atoms with Gasteiger partial charge in [0.1, 0.15) is 16.4 Å². The molecule has 35 heavy (non-hydrogen) atoms. The summed E-state index contributed by atoms with van der Waals surface area (Å²) >= 11 is 2.98. The Bertz CT molecular complexity index is 1450. The quantitative estimate of drug-likeness (QED) is 0.212. The van der Waals surface area contributed by atoms with Crippen LogP contribution >= 0.6 is 23.1 Å². The van der Waals surface area contributed by atoms with E-state index >= 15 is 0 Å². The van der Waals surface area contributed by atoms with Gasteiger partial charge in [0.15, 0.2) is 5.16 Å². The lowest BCUT2D eigenvalue weighted by molar-refractivity contribution is -0.112. The van der Waals surface area contributed by atoms with Crippen molar-refractivity contribution < 1.29 is 13.9 Å². The molecular weight excluding hydrogens is 483 g/mol. The number of fused-ring (bicyclic) bond motifs is 2. The van der Waals surface area contributed by atoms with Crippen LogP contribution < -0.4 is 10.3 Å². The molecule has 0 saturated heterocycles. The van der Waals surface area contributed by atoms with Crippen molar-refractivity contribution in [1.82, 2.24) is 9.55 Å². The van der Waals surface area contributed by atoms with Crippen LogP contribution in [0.15, 0.2) is 52.4 Å². The first-order valence-corrected chi connectivity index (χ1v) is 13.4. The van der Waals surface area contributed by atoms with Crippen molar-refractivity contribution in [2.24, 2.45) is 5.92 Å². The number of aromatic nitrogens is 2. The van der Waals surface area contributed by atoms with Crippen LogP contribution in [0.2, 0.25) is 0 Å². The van der Waals surface area contributed by atoms with Gasteiger partial charge in [0, 0.05) is 33.9 Å². The summed E-state index contributed by atoms with van der Waals surface area (Å²) in [5.74, 6) is 0.999. The van der Waals surface area contributed by atoms with E-state index in [1.807, 2.05) is 44.2 Å². The zero-order chi connectivity index (χ0) is 24.7. The zero-order valence-corrected chi connectivity index (χ0v) is 21.8. The highest BCUT2D eigenvalue weighted by molar-refractivity contribution is 7.98. The molecule has 0 aliphatic carbocycles. The lowest BCUT2D eigenvalue weighted by Crippen LogP contribution is -2.25. The second-order valence-electron chi connectivity index (χ2n) is 9.18. The van der Waals surface area contributed by atoms with Gasteiger partial charge in [-0.1, -0.05) is 55.9 Å². The van der Waals surface area contributed by atoms with Gasteiger partial charge >= 0.3 is 0 Å². The summed E-state index contributed by atoms with van der Waals surface area (Å²) in [7, 11) is 0. The first-order chi connectivity index (χ1) is 16.8. The molecule has 3 heterocycles. The third-order valence-corrected chi connectivity index (χ3v) is 8.18. The molecule has 2 aromatic carbocycles. The second-order valence-corrected chi connectivity index (χ2v) is 11.3. The van der Waals surface area contributed by atoms with E-state index in [4.69, 9.17) is 14.5 Å². The van der Waals surface area contributed by atoms with Gasteiger partial charge in [-0.3, -0.25) is 9.36 Å². The number of benzene rings is 2. The molecule has 0 N–H and O–H groups in total. The van der Waals surface area contributed by atoms with Gasteiger partial charge in [0.2, 0.25) is 6.29 Å². The molecule has 4 aromatic rings. The molecule has 8 heteroatoms. The molecule has 5 nitrogen and oxygen atoms in total. The van der Waals surface area contributed by atoms with Crippen LogP contribution in [0.25, 0.3) is 10.2 Å². The number of ether oxygens (including phenoxy) is 2. The number of nitrogens with zero attached hydrogens (tertiary/aromatic N) is 2. The maximum absolute atomic E-state index is 14.5. The van der Waals surface area contributed by atoms with Crippen LogP contribution in [-0.2, 0) is 23.6 Å². The summed E-state index contributed by atoms with van der Waals surface area (Å²) in [4.78, 5) is 20.2. The smallest absolute Gasteiger partial charge is 0.263 e. The Balaban J connectivity index is 1.50. The lowest BCUT2D eigenvalue weighted by Gasteiger charge is -2.28. The molecule has 0 fully saturated rings. The Labute approximate surface area is 211 Å². The zero-order valence-electron chi connectivity index (χ0n) is 20.1. The molecule has 1 aliphatic heterocycles. The first kappa shape index (κ1) is 24.0. The van der Waals surface area contributed by atoms with E-state index in [0.29, 0.717) is 34.2 Å². The Morgan fingerprint density at radius 1 is 1.23 bits per heavy atom. The van der Waals surface area contributed by atoms with Crippen LogP contribution in [0.4, 0.5) is 4.39 Å². The summed E-state index contributed by atoms with van der Waals surface area (Å²) in [6.07, 6.45) is -0.552. The topological polar surface area (TPSA) is 53.4 Å². The second kappa shape index (κ2) is 9.76. The lowest BCUT2D eigenvalue weighted by atomic mass is 10.1. The number of thioether (sulfide) groups is 1. The molecule has 0 radical (unpaired) electrons. The molecule has 0 unspecified atom stereocenters. The first-order valence-electron chi connectivity index (χ1n) is 11.6. The van der Waals surface area contributed by atoms with Gasteiger partial charge in [-0.2, -0.15) is 0 Å². The van der Waals surface area contributed by atoms with E-state index in [-0.39, 0.29) is 23.9 Å². The number of rotatable bonds is 6. The molecule has 2 aromatic heterocycles. The number of thiophene rings is 1. The fraction of sp³-hybridized carbons (Fsp3) is 0.333. The number of hydrogen-bond donors (Lipinski definition) is 0. The highest BCUT2D eigenvalue weighted by Gasteiger charge is 2.26. The summed E-state index contributed by atoms with van der Waals surface area (Å²) < 4.78 is 28.3. The van der Waals surface area contributed by atoms with Crippen LogP contribution in [0.1, 0.15) is 47.3 Å². The van der Waals surface area contributed by atoms with Crippen molar-refractivity contribution in [1.29, 1.82) is 0 Å². The van der Waals surface area contributed by atoms with E-state index in [1.165, 1.54) is 23.9 Å². The Kier molecular flexibility index (Phi) is 6.70. The number of hydrogen-bond acceptors (Lipinski definition) is 6. The van der Waals surface area contributed by atoms with E-state index in [1.54, 1.807) is 15.9 Å². The highest BCUT2D eigenvalue weighted by Crippen LogP contribution is 2.39.